The van der Waals surface area contributed by atoms with Crippen molar-refractivity contribution < 1.29 is 17.6 Å². The van der Waals surface area contributed by atoms with E-state index in [1.807, 2.05) is 17.5 Å². The maximum atomic E-state index is 12.2. The predicted octanol–water partition coefficient (Wildman–Crippen LogP) is 2.47. The van der Waals surface area contributed by atoms with Gasteiger partial charge in [0.05, 0.1) is 11.9 Å². The number of hydrogen-bond donors (Lipinski definition) is 2. The first-order chi connectivity index (χ1) is 11.5. The van der Waals surface area contributed by atoms with Crippen LogP contribution in [0.15, 0.2) is 63.7 Å². The van der Waals surface area contributed by atoms with Crippen LogP contribution in [0.2, 0.25) is 0 Å². The van der Waals surface area contributed by atoms with Gasteiger partial charge in [0, 0.05) is 17.6 Å². The largest absolute Gasteiger partial charge is 0.438 e. The van der Waals surface area contributed by atoms with Crippen LogP contribution in [0, 0.1) is 0 Å². The minimum atomic E-state index is -3.82. The fraction of sp³-hybridized carbons (Fsp3) is 0.0667. The van der Waals surface area contributed by atoms with Crippen molar-refractivity contribution in [1.29, 1.82) is 0 Å². The van der Waals surface area contributed by atoms with Crippen molar-refractivity contribution in [3.63, 3.8) is 0 Å². The highest BCUT2D eigenvalue weighted by Gasteiger charge is 2.21. The number of furan rings is 1. The van der Waals surface area contributed by atoms with E-state index < -0.39 is 15.9 Å². The Hall–Kier alpha value is -2.49. The van der Waals surface area contributed by atoms with Gasteiger partial charge in [-0.15, -0.1) is 11.3 Å². The van der Waals surface area contributed by atoms with Gasteiger partial charge in [0.2, 0.25) is 5.09 Å². The zero-order valence-corrected chi connectivity index (χ0v) is 13.9. The third kappa shape index (κ3) is 3.88. The molecule has 7 nitrogen and oxygen atoms in total. The monoisotopic (exact) mass is 363 g/mol. The van der Waals surface area contributed by atoms with Crippen LogP contribution in [0.5, 0.6) is 0 Å². The Labute approximate surface area is 142 Å². The molecular weight excluding hydrogens is 350 g/mol. The van der Waals surface area contributed by atoms with Crippen LogP contribution in [-0.2, 0) is 16.6 Å². The second-order valence-corrected chi connectivity index (χ2v) is 7.45. The minimum Gasteiger partial charge on any atom is -0.438 e. The van der Waals surface area contributed by atoms with E-state index in [-0.39, 0.29) is 17.4 Å². The molecule has 0 aromatic carbocycles. The normalized spacial score (nSPS) is 11.3. The summed E-state index contributed by atoms with van der Waals surface area (Å²) in [6, 6.07) is 9.54. The highest BCUT2D eigenvalue weighted by atomic mass is 32.2. The molecule has 1 amide bonds. The molecule has 0 saturated carbocycles. The zero-order valence-electron chi connectivity index (χ0n) is 12.3. The third-order valence-corrected chi connectivity index (χ3v) is 5.16. The maximum absolute atomic E-state index is 12.2. The molecule has 3 heterocycles. The lowest BCUT2D eigenvalue weighted by Gasteiger charge is -2.03. The summed E-state index contributed by atoms with van der Waals surface area (Å²) in [4.78, 5) is 16.8. The molecule has 0 aliphatic carbocycles. The van der Waals surface area contributed by atoms with Crippen molar-refractivity contribution >= 4 is 33.0 Å². The minimum absolute atomic E-state index is 0.102. The van der Waals surface area contributed by atoms with Crippen molar-refractivity contribution in [2.45, 2.75) is 11.6 Å². The highest BCUT2D eigenvalue weighted by Crippen LogP contribution is 2.16. The molecule has 3 aromatic rings. The molecule has 0 spiro atoms. The van der Waals surface area contributed by atoms with E-state index in [2.05, 4.69) is 15.0 Å². The standard InChI is InChI=1S/C15H13N3O4S2/c19-15(18-11-3-1-7-16-9-11)13-5-6-14(22-13)24(20,21)17-10-12-4-2-8-23-12/h1-9,17H,10H2,(H,18,19). The van der Waals surface area contributed by atoms with Crippen LogP contribution in [0.1, 0.15) is 15.4 Å². The van der Waals surface area contributed by atoms with Gasteiger partial charge in [-0.2, -0.15) is 0 Å². The molecule has 0 unspecified atom stereocenters. The Kier molecular flexibility index (Phi) is 4.74. The molecule has 124 valence electrons. The van der Waals surface area contributed by atoms with E-state index in [0.29, 0.717) is 5.69 Å². The number of sulfonamides is 1. The van der Waals surface area contributed by atoms with Gasteiger partial charge in [0.1, 0.15) is 0 Å². The molecule has 0 fully saturated rings. The molecule has 0 saturated heterocycles. The number of hydrogen-bond acceptors (Lipinski definition) is 6. The maximum Gasteiger partial charge on any atom is 0.291 e. The highest BCUT2D eigenvalue weighted by molar-refractivity contribution is 7.89. The van der Waals surface area contributed by atoms with Crippen molar-refractivity contribution in [2.24, 2.45) is 0 Å². The molecule has 24 heavy (non-hydrogen) atoms. The molecule has 3 rings (SSSR count). The summed E-state index contributed by atoms with van der Waals surface area (Å²) < 4.78 is 32.0. The van der Waals surface area contributed by atoms with E-state index in [9.17, 15) is 13.2 Å². The van der Waals surface area contributed by atoms with E-state index in [4.69, 9.17) is 4.42 Å². The Balaban J connectivity index is 1.69. The van der Waals surface area contributed by atoms with Crippen LogP contribution >= 0.6 is 11.3 Å². The van der Waals surface area contributed by atoms with E-state index >= 15 is 0 Å². The molecule has 0 aliphatic rings. The molecular formula is C15H13N3O4S2. The Morgan fingerprint density at radius 1 is 1.21 bits per heavy atom. The molecule has 3 aromatic heterocycles. The van der Waals surface area contributed by atoms with Crippen LogP contribution in [0.3, 0.4) is 0 Å². The number of aromatic nitrogens is 1. The number of thiophene rings is 1. The van der Waals surface area contributed by atoms with Gasteiger partial charge in [-0.3, -0.25) is 9.78 Å². The average molecular weight is 363 g/mol. The quantitative estimate of drug-likeness (QED) is 0.700. The van der Waals surface area contributed by atoms with E-state index in [1.54, 1.807) is 18.3 Å². The predicted molar refractivity (Wildman–Crippen MR) is 89.2 cm³/mol. The van der Waals surface area contributed by atoms with Crippen molar-refractivity contribution in [3.05, 3.63) is 64.8 Å². The van der Waals surface area contributed by atoms with E-state index in [0.717, 1.165) is 4.88 Å². The van der Waals surface area contributed by atoms with E-state index in [1.165, 1.54) is 29.7 Å². The SMILES string of the molecule is O=C(Nc1cccnc1)c1ccc(S(=O)(=O)NCc2cccs2)o1. The number of pyridine rings is 1. The summed E-state index contributed by atoms with van der Waals surface area (Å²) in [6.45, 7) is 0.165. The smallest absolute Gasteiger partial charge is 0.291 e. The number of anilines is 1. The first kappa shape index (κ1) is 16.4. The molecule has 0 aliphatic heterocycles. The molecule has 2 N–H and O–H groups in total. The van der Waals surface area contributed by atoms with Gasteiger partial charge in [-0.25, -0.2) is 13.1 Å². The summed E-state index contributed by atoms with van der Waals surface area (Å²) in [5.41, 5.74) is 0.485. The molecule has 0 bridgehead atoms. The fourth-order valence-corrected chi connectivity index (χ4v) is 3.54. The van der Waals surface area contributed by atoms with Gasteiger partial charge >= 0.3 is 0 Å². The molecule has 9 heteroatoms. The molecule has 0 radical (unpaired) electrons. The Morgan fingerprint density at radius 3 is 2.79 bits per heavy atom. The summed E-state index contributed by atoms with van der Waals surface area (Å²) in [7, 11) is -3.82. The number of rotatable bonds is 6. The molecule has 0 atom stereocenters. The Bertz CT molecular complexity index is 919. The zero-order chi connectivity index (χ0) is 17.0. The topological polar surface area (TPSA) is 101 Å². The van der Waals surface area contributed by atoms with Gasteiger partial charge in [-0.05, 0) is 35.7 Å². The lowest BCUT2D eigenvalue weighted by molar-refractivity contribution is 0.0991. The lowest BCUT2D eigenvalue weighted by Crippen LogP contribution is -2.22. The van der Waals surface area contributed by atoms with Gasteiger partial charge in [0.15, 0.2) is 5.76 Å². The van der Waals surface area contributed by atoms with Gasteiger partial charge < -0.3 is 9.73 Å². The van der Waals surface area contributed by atoms with Crippen LogP contribution < -0.4 is 10.0 Å². The number of carbonyl (C=O) groups excluding carboxylic acids is 1. The van der Waals surface area contributed by atoms with Crippen LogP contribution in [0.25, 0.3) is 0 Å². The second-order valence-electron chi connectivity index (χ2n) is 4.72. The van der Waals surface area contributed by atoms with Gasteiger partial charge in [0.25, 0.3) is 15.9 Å². The number of amides is 1. The number of carbonyl (C=O) groups is 1. The summed E-state index contributed by atoms with van der Waals surface area (Å²) in [5.74, 6) is -0.655. The lowest BCUT2D eigenvalue weighted by atomic mass is 10.4. The first-order valence-corrected chi connectivity index (χ1v) is 9.24. The summed E-state index contributed by atoms with van der Waals surface area (Å²) >= 11 is 1.44. The fourth-order valence-electron chi connectivity index (χ4n) is 1.87. The van der Waals surface area contributed by atoms with Crippen molar-refractivity contribution in [2.75, 3.05) is 5.32 Å². The number of nitrogens with one attached hydrogen (secondary N) is 2. The van der Waals surface area contributed by atoms with Crippen LogP contribution in [0.4, 0.5) is 5.69 Å². The summed E-state index contributed by atoms with van der Waals surface area (Å²) in [6.07, 6.45) is 3.05. The second kappa shape index (κ2) is 6.95. The third-order valence-electron chi connectivity index (χ3n) is 3.01. The van der Waals surface area contributed by atoms with Crippen molar-refractivity contribution in [3.8, 4) is 0 Å². The Morgan fingerprint density at radius 2 is 2.08 bits per heavy atom. The summed E-state index contributed by atoms with van der Waals surface area (Å²) in [5, 5.41) is 4.12. The van der Waals surface area contributed by atoms with Crippen LogP contribution in [-0.4, -0.2) is 19.3 Å². The average Bonchev–Trinajstić information content (AvgIpc) is 3.26. The van der Waals surface area contributed by atoms with Crippen molar-refractivity contribution in [1.82, 2.24) is 9.71 Å². The van der Waals surface area contributed by atoms with Gasteiger partial charge in [-0.1, -0.05) is 6.07 Å². The number of nitrogens with zero attached hydrogens (tertiary/aromatic N) is 1. The first-order valence-electron chi connectivity index (χ1n) is 6.88.